The molecule has 0 bridgehead atoms. The molecule has 2 amide bonds. The topological polar surface area (TPSA) is 136 Å². The van der Waals surface area contributed by atoms with Crippen LogP contribution in [-0.4, -0.2) is 55.7 Å². The van der Waals surface area contributed by atoms with Gasteiger partial charge in [-0.05, 0) is 44.0 Å². The number of carboxylic acid groups (broad SMARTS) is 1. The number of amides is 2. The minimum absolute atomic E-state index is 0.123. The second-order valence-corrected chi connectivity index (χ2v) is 9.85. The molecule has 0 aliphatic carbocycles. The van der Waals surface area contributed by atoms with Crippen LogP contribution in [0.2, 0.25) is 0 Å². The Labute approximate surface area is 197 Å². The van der Waals surface area contributed by atoms with Crippen molar-refractivity contribution in [3.05, 3.63) is 59.7 Å². The van der Waals surface area contributed by atoms with Crippen molar-refractivity contribution in [2.24, 2.45) is 11.8 Å². The summed E-state index contributed by atoms with van der Waals surface area (Å²) >= 11 is 0. The van der Waals surface area contributed by atoms with Crippen LogP contribution in [0.3, 0.4) is 0 Å². The highest BCUT2D eigenvalue weighted by molar-refractivity contribution is 6.10. The van der Waals surface area contributed by atoms with Crippen molar-refractivity contribution >= 4 is 17.8 Å². The van der Waals surface area contributed by atoms with Gasteiger partial charge in [0.15, 0.2) is 5.54 Å². The predicted octanol–water partition coefficient (Wildman–Crippen LogP) is 2.18. The minimum atomic E-state index is -1.89. The Morgan fingerprint density at radius 2 is 1.68 bits per heavy atom. The molecule has 34 heavy (non-hydrogen) atoms. The van der Waals surface area contributed by atoms with Gasteiger partial charge in [-0.25, -0.2) is 0 Å². The summed E-state index contributed by atoms with van der Waals surface area (Å²) in [5.41, 5.74) is -1.62. The smallest absolute Gasteiger partial charge is 0.327 e. The fourth-order valence-electron chi connectivity index (χ4n) is 5.04. The average molecular weight is 469 g/mol. The lowest BCUT2D eigenvalue weighted by atomic mass is 9.79. The van der Waals surface area contributed by atoms with Crippen molar-refractivity contribution in [2.45, 2.75) is 44.5 Å². The van der Waals surface area contributed by atoms with Crippen molar-refractivity contribution < 1.29 is 34.4 Å². The summed E-state index contributed by atoms with van der Waals surface area (Å²) in [5, 5.41) is 33.4. The molecule has 4 N–H and O–H groups in total. The van der Waals surface area contributed by atoms with E-state index in [2.05, 4.69) is 5.32 Å². The number of ether oxygens (including phenoxy) is 1. The monoisotopic (exact) mass is 468 g/mol. The van der Waals surface area contributed by atoms with Gasteiger partial charge in [0.1, 0.15) is 11.5 Å². The molecule has 2 aromatic rings. The molecular weight excluding hydrogens is 440 g/mol. The fourth-order valence-corrected chi connectivity index (χ4v) is 5.04. The first-order chi connectivity index (χ1) is 16.0. The third-order valence-electron chi connectivity index (χ3n) is 6.43. The largest absolute Gasteiger partial charge is 0.508 e. The molecule has 2 heterocycles. The van der Waals surface area contributed by atoms with Crippen LogP contribution < -0.4 is 5.32 Å². The van der Waals surface area contributed by atoms with Gasteiger partial charge >= 0.3 is 5.97 Å². The van der Waals surface area contributed by atoms with Gasteiger partial charge in [-0.15, -0.1) is 0 Å². The van der Waals surface area contributed by atoms with E-state index in [1.807, 2.05) is 30.3 Å². The summed E-state index contributed by atoms with van der Waals surface area (Å²) in [6.45, 7) is 4.89. The lowest BCUT2D eigenvalue weighted by molar-refractivity contribution is -0.156. The van der Waals surface area contributed by atoms with Crippen LogP contribution in [0.4, 0.5) is 0 Å². The standard InChI is InChI=1S/C25H28N2O7/c1-24(2,3)27-21(30)18-19(22(27)31)25(23(32)33,13-34-12-14-7-5-4-6-8-14)26-20(18)15-9-16(28)11-17(29)10-15/h4-11,18-20,26,28-29H,12-13H2,1-3H3,(H,32,33). The SMILES string of the molecule is CC(C)(C)N1C(=O)C2C(c3cc(O)cc(O)c3)NC(COCc3ccccc3)(C(=O)O)C2C1=O. The fraction of sp³-hybridized carbons (Fsp3) is 0.400. The van der Waals surface area contributed by atoms with Crippen molar-refractivity contribution in [1.29, 1.82) is 0 Å². The number of aliphatic carboxylic acids is 1. The van der Waals surface area contributed by atoms with Crippen LogP contribution in [0.1, 0.15) is 37.9 Å². The number of carbonyl (C=O) groups excluding carboxylic acids is 2. The maximum Gasteiger partial charge on any atom is 0.327 e. The van der Waals surface area contributed by atoms with Crippen LogP contribution in [0.25, 0.3) is 0 Å². The summed E-state index contributed by atoms with van der Waals surface area (Å²) in [6.07, 6.45) is 0. The minimum Gasteiger partial charge on any atom is -0.508 e. The molecule has 2 fully saturated rings. The van der Waals surface area contributed by atoms with Gasteiger partial charge < -0.3 is 20.1 Å². The number of likely N-dealkylation sites (tertiary alicyclic amines) is 1. The molecule has 2 aliphatic rings. The van der Waals surface area contributed by atoms with E-state index in [1.165, 1.54) is 12.1 Å². The molecule has 0 aromatic heterocycles. The van der Waals surface area contributed by atoms with Gasteiger partial charge in [0.05, 0.1) is 25.0 Å². The number of rotatable bonds is 6. The van der Waals surface area contributed by atoms with Crippen LogP contribution >= 0.6 is 0 Å². The number of nitrogens with one attached hydrogen (secondary N) is 1. The summed E-state index contributed by atoms with van der Waals surface area (Å²) in [4.78, 5) is 40.9. The number of carboxylic acids is 1. The van der Waals surface area contributed by atoms with E-state index in [0.29, 0.717) is 5.56 Å². The second kappa shape index (κ2) is 8.41. The van der Waals surface area contributed by atoms with Crippen molar-refractivity contribution in [1.82, 2.24) is 10.2 Å². The van der Waals surface area contributed by atoms with Crippen LogP contribution in [0.15, 0.2) is 48.5 Å². The Morgan fingerprint density at radius 1 is 1.06 bits per heavy atom. The van der Waals surface area contributed by atoms with Crippen molar-refractivity contribution in [3.63, 3.8) is 0 Å². The highest BCUT2D eigenvalue weighted by atomic mass is 16.5. The van der Waals surface area contributed by atoms with Crippen molar-refractivity contribution in [2.75, 3.05) is 6.61 Å². The van der Waals surface area contributed by atoms with E-state index < -0.39 is 46.7 Å². The lowest BCUT2D eigenvalue weighted by Gasteiger charge is -2.35. The van der Waals surface area contributed by atoms with Gasteiger partial charge in [0.25, 0.3) is 0 Å². The third-order valence-corrected chi connectivity index (χ3v) is 6.43. The molecule has 4 rings (SSSR count). The number of phenols is 2. The van der Waals surface area contributed by atoms with Gasteiger partial charge in [-0.2, -0.15) is 0 Å². The number of carbonyl (C=O) groups is 3. The molecule has 180 valence electrons. The number of aromatic hydroxyl groups is 2. The molecule has 0 radical (unpaired) electrons. The first-order valence-corrected chi connectivity index (χ1v) is 11.0. The maximum absolute atomic E-state index is 13.6. The number of imide groups is 1. The van der Waals surface area contributed by atoms with Crippen LogP contribution in [-0.2, 0) is 25.7 Å². The van der Waals surface area contributed by atoms with Gasteiger partial charge in [0, 0.05) is 17.6 Å². The zero-order valence-electron chi connectivity index (χ0n) is 19.2. The summed E-state index contributed by atoms with van der Waals surface area (Å²) < 4.78 is 5.79. The molecular formula is C25H28N2O7. The van der Waals surface area contributed by atoms with Crippen molar-refractivity contribution in [3.8, 4) is 11.5 Å². The Bertz CT molecular complexity index is 1110. The number of fused-ring (bicyclic) bond motifs is 1. The van der Waals surface area contributed by atoms with Gasteiger partial charge in [-0.1, -0.05) is 30.3 Å². The molecule has 2 saturated heterocycles. The average Bonchev–Trinajstić information content (AvgIpc) is 3.22. The van der Waals surface area contributed by atoms with E-state index in [4.69, 9.17) is 4.74 Å². The zero-order chi connectivity index (χ0) is 24.8. The third kappa shape index (κ3) is 3.91. The summed E-state index contributed by atoms with van der Waals surface area (Å²) in [7, 11) is 0. The highest BCUT2D eigenvalue weighted by Crippen LogP contribution is 2.51. The number of nitrogens with zero attached hydrogens (tertiary/aromatic N) is 1. The van der Waals surface area contributed by atoms with E-state index in [-0.39, 0.29) is 24.7 Å². The maximum atomic E-state index is 13.6. The molecule has 9 nitrogen and oxygen atoms in total. The lowest BCUT2D eigenvalue weighted by Crippen LogP contribution is -2.60. The molecule has 2 aliphatic heterocycles. The number of hydrogen-bond donors (Lipinski definition) is 4. The van der Waals surface area contributed by atoms with E-state index in [0.717, 1.165) is 16.5 Å². The molecule has 0 saturated carbocycles. The Hall–Kier alpha value is -3.43. The molecule has 9 heteroatoms. The second-order valence-electron chi connectivity index (χ2n) is 9.85. The highest BCUT2D eigenvalue weighted by Gasteiger charge is 2.69. The quantitative estimate of drug-likeness (QED) is 0.474. The summed E-state index contributed by atoms with van der Waals surface area (Å²) in [6, 6.07) is 12.1. The first kappa shape index (κ1) is 23.7. The van der Waals surface area contributed by atoms with E-state index >= 15 is 0 Å². The normalized spacial score (nSPS) is 26.7. The van der Waals surface area contributed by atoms with Crippen LogP contribution in [0.5, 0.6) is 11.5 Å². The number of hydrogen-bond acceptors (Lipinski definition) is 7. The van der Waals surface area contributed by atoms with Gasteiger partial charge in [0.2, 0.25) is 11.8 Å². The Balaban J connectivity index is 1.76. The summed E-state index contributed by atoms with van der Waals surface area (Å²) in [5.74, 6) is -5.19. The van der Waals surface area contributed by atoms with Gasteiger partial charge in [-0.3, -0.25) is 24.6 Å². The Morgan fingerprint density at radius 3 is 2.24 bits per heavy atom. The molecule has 4 unspecified atom stereocenters. The first-order valence-electron chi connectivity index (χ1n) is 11.0. The molecule has 0 spiro atoms. The zero-order valence-corrected chi connectivity index (χ0v) is 19.2. The number of benzene rings is 2. The van der Waals surface area contributed by atoms with E-state index in [1.54, 1.807) is 20.8 Å². The Kier molecular flexibility index (Phi) is 5.87. The number of phenolic OH excluding ortho intramolecular Hbond substituents is 2. The predicted molar refractivity (Wildman–Crippen MR) is 121 cm³/mol. The van der Waals surface area contributed by atoms with Crippen LogP contribution in [0, 0.1) is 11.8 Å². The molecule has 2 aromatic carbocycles. The van der Waals surface area contributed by atoms with E-state index in [9.17, 15) is 29.7 Å². The molecule has 4 atom stereocenters.